The molecule has 0 aromatic heterocycles. The van der Waals surface area contributed by atoms with Gasteiger partial charge in [-0.3, -0.25) is 0 Å². The third-order valence-electron chi connectivity index (χ3n) is 10.9. The smallest absolute Gasteiger partial charge is 0.0725 e. The summed E-state index contributed by atoms with van der Waals surface area (Å²) in [4.78, 5) is 2.66. The van der Waals surface area contributed by atoms with Gasteiger partial charge in [0.1, 0.15) is 0 Å². The normalized spacial score (nSPS) is 13.9. The number of rotatable bonds is 2. The molecule has 0 atom stereocenters. The lowest BCUT2D eigenvalue weighted by atomic mass is 9.70. The van der Waals surface area contributed by atoms with Gasteiger partial charge in [-0.15, -0.1) is 0 Å². The summed E-state index contributed by atoms with van der Waals surface area (Å²) in [5.41, 5.74) is 18.2. The van der Waals surface area contributed by atoms with Crippen LogP contribution in [0, 0.1) is 0 Å². The van der Waals surface area contributed by atoms with E-state index in [0.717, 1.165) is 0 Å². The Morgan fingerprint density at radius 1 is 0.312 bits per heavy atom. The minimum absolute atomic E-state index is 0.336. The molecule has 8 aromatic rings. The van der Waals surface area contributed by atoms with Crippen molar-refractivity contribution in [3.8, 4) is 55.6 Å². The highest BCUT2D eigenvalue weighted by Crippen LogP contribution is 2.63. The molecule has 0 saturated heterocycles. The zero-order chi connectivity index (χ0) is 31.4. The molecule has 3 aliphatic rings. The van der Waals surface area contributed by atoms with E-state index >= 15 is 0 Å². The summed E-state index contributed by atoms with van der Waals surface area (Å²) >= 11 is 1.88. The van der Waals surface area contributed by atoms with E-state index < -0.39 is 0 Å². The van der Waals surface area contributed by atoms with Gasteiger partial charge in [0.25, 0.3) is 0 Å². The van der Waals surface area contributed by atoms with Crippen molar-refractivity contribution in [3.63, 3.8) is 0 Å². The fourth-order valence-electron chi connectivity index (χ4n) is 8.97. The van der Waals surface area contributed by atoms with Crippen LogP contribution in [0.5, 0.6) is 0 Å². The highest BCUT2D eigenvalue weighted by atomic mass is 32.2. The molecule has 0 radical (unpaired) electrons. The fraction of sp³-hybridized carbons (Fsp3) is 0.0213. The molecule has 8 aromatic carbocycles. The molecule has 48 heavy (non-hydrogen) atoms. The summed E-state index contributed by atoms with van der Waals surface area (Å²) in [5.74, 6) is 0. The molecule has 2 aliphatic carbocycles. The molecule has 0 amide bonds. The van der Waals surface area contributed by atoms with Crippen molar-refractivity contribution in [2.24, 2.45) is 0 Å². The van der Waals surface area contributed by atoms with E-state index in [1.165, 1.54) is 98.5 Å². The minimum atomic E-state index is -0.336. The number of benzene rings is 8. The van der Waals surface area contributed by atoms with E-state index in [1.807, 2.05) is 11.8 Å². The highest BCUT2D eigenvalue weighted by Gasteiger charge is 2.51. The Morgan fingerprint density at radius 2 is 0.854 bits per heavy atom. The molecule has 0 saturated carbocycles. The van der Waals surface area contributed by atoms with Gasteiger partial charge < -0.3 is 0 Å². The van der Waals surface area contributed by atoms with Crippen molar-refractivity contribution in [2.45, 2.75) is 15.2 Å². The molecule has 11 rings (SSSR count). The van der Waals surface area contributed by atoms with Crippen LogP contribution in [0.3, 0.4) is 0 Å². The average Bonchev–Trinajstić information content (AvgIpc) is 3.62. The van der Waals surface area contributed by atoms with Crippen LogP contribution in [-0.2, 0) is 5.41 Å². The van der Waals surface area contributed by atoms with Crippen molar-refractivity contribution in [1.82, 2.24) is 0 Å². The van der Waals surface area contributed by atoms with Gasteiger partial charge in [0.05, 0.1) is 5.41 Å². The molecule has 1 heterocycles. The second kappa shape index (κ2) is 9.70. The maximum absolute atomic E-state index is 2.48. The minimum Gasteiger partial charge on any atom is -0.0888 e. The molecule has 1 heteroatoms. The second-order valence-electron chi connectivity index (χ2n) is 13.2. The van der Waals surface area contributed by atoms with Gasteiger partial charge in [-0.25, -0.2) is 0 Å². The van der Waals surface area contributed by atoms with Crippen LogP contribution in [-0.4, -0.2) is 0 Å². The van der Waals surface area contributed by atoms with Crippen LogP contribution in [0.1, 0.15) is 22.3 Å². The van der Waals surface area contributed by atoms with Crippen molar-refractivity contribution >= 4 is 22.5 Å². The van der Waals surface area contributed by atoms with E-state index in [0.29, 0.717) is 0 Å². The second-order valence-corrected chi connectivity index (χ2v) is 14.2. The Morgan fingerprint density at radius 3 is 1.58 bits per heavy atom. The fourth-order valence-corrected chi connectivity index (χ4v) is 10.1. The van der Waals surface area contributed by atoms with Gasteiger partial charge in [0, 0.05) is 15.2 Å². The average molecular weight is 625 g/mol. The summed E-state index contributed by atoms with van der Waals surface area (Å²) < 4.78 is 0. The number of hydrogen-bond acceptors (Lipinski definition) is 1. The SMILES string of the molecule is c1cc(-c2ccc3c(c2)C2(c4ccccc4-c4ccccc42)c2ccccc2-3)cc(-c2ccc3c4c(cccc24)-c2ccccc2S3)c1. The first-order chi connectivity index (χ1) is 23.8. The summed E-state index contributed by atoms with van der Waals surface area (Å²) in [6.07, 6.45) is 0. The summed E-state index contributed by atoms with van der Waals surface area (Å²) in [5, 5.41) is 2.67. The summed E-state index contributed by atoms with van der Waals surface area (Å²) in [7, 11) is 0. The van der Waals surface area contributed by atoms with Crippen molar-refractivity contribution in [1.29, 1.82) is 0 Å². The quantitative estimate of drug-likeness (QED) is 0.184. The summed E-state index contributed by atoms with van der Waals surface area (Å²) in [6, 6.07) is 63.7. The first-order valence-corrected chi connectivity index (χ1v) is 17.5. The molecule has 0 fully saturated rings. The molecule has 1 aliphatic heterocycles. The van der Waals surface area contributed by atoms with Crippen LogP contribution in [0.15, 0.2) is 180 Å². The Balaban J connectivity index is 1.11. The van der Waals surface area contributed by atoms with Crippen molar-refractivity contribution in [3.05, 3.63) is 192 Å². The Hall–Kier alpha value is -5.63. The zero-order valence-electron chi connectivity index (χ0n) is 26.1. The highest BCUT2D eigenvalue weighted by molar-refractivity contribution is 7.99. The van der Waals surface area contributed by atoms with E-state index in [9.17, 15) is 0 Å². The van der Waals surface area contributed by atoms with E-state index in [2.05, 4.69) is 170 Å². The number of hydrogen-bond donors (Lipinski definition) is 0. The first kappa shape index (κ1) is 26.4. The lowest BCUT2D eigenvalue weighted by Crippen LogP contribution is -2.25. The van der Waals surface area contributed by atoms with Gasteiger partial charge >= 0.3 is 0 Å². The van der Waals surface area contributed by atoms with Crippen LogP contribution >= 0.6 is 11.8 Å². The molecule has 222 valence electrons. The van der Waals surface area contributed by atoms with Crippen LogP contribution < -0.4 is 0 Å². The summed E-state index contributed by atoms with van der Waals surface area (Å²) in [6.45, 7) is 0. The third kappa shape index (κ3) is 3.36. The molecular formula is C47H28S. The van der Waals surface area contributed by atoms with Gasteiger partial charge in [0.2, 0.25) is 0 Å². The Labute approximate surface area is 284 Å². The zero-order valence-corrected chi connectivity index (χ0v) is 26.9. The van der Waals surface area contributed by atoms with Gasteiger partial charge in [-0.05, 0) is 108 Å². The third-order valence-corrected chi connectivity index (χ3v) is 12.0. The molecule has 0 nitrogen and oxygen atoms in total. The molecule has 1 spiro atoms. The topological polar surface area (TPSA) is 0 Å². The lowest BCUT2D eigenvalue weighted by Gasteiger charge is -2.30. The van der Waals surface area contributed by atoms with Gasteiger partial charge in [-0.2, -0.15) is 0 Å². The molecule has 0 bridgehead atoms. The maximum Gasteiger partial charge on any atom is 0.0725 e. The van der Waals surface area contributed by atoms with E-state index in [1.54, 1.807) is 0 Å². The molecule has 0 unspecified atom stereocenters. The number of fused-ring (bicyclic) bond motifs is 12. The Kier molecular flexibility index (Phi) is 5.34. The Bertz CT molecular complexity index is 2600. The van der Waals surface area contributed by atoms with E-state index in [4.69, 9.17) is 0 Å². The predicted molar refractivity (Wildman–Crippen MR) is 201 cm³/mol. The first-order valence-electron chi connectivity index (χ1n) is 16.7. The maximum atomic E-state index is 2.48. The van der Waals surface area contributed by atoms with Gasteiger partial charge in [0.15, 0.2) is 0 Å². The molecule has 0 N–H and O–H groups in total. The van der Waals surface area contributed by atoms with Crippen molar-refractivity contribution < 1.29 is 0 Å². The standard InChI is InChI=1S/C47H28S/c1-5-19-40-33(13-1)34-14-2-6-20-41(34)47(40)42-21-7-3-15-35(42)36-24-23-30(28-43(36)47)29-11-9-12-31(27-29)32-25-26-45-46-38(32)17-10-18-39(46)37-16-4-8-22-44(37)48-45/h1-28H. The predicted octanol–water partition coefficient (Wildman–Crippen LogP) is 12.6. The van der Waals surface area contributed by atoms with Crippen molar-refractivity contribution in [2.75, 3.05) is 0 Å². The van der Waals surface area contributed by atoms with Gasteiger partial charge in [-0.1, -0.05) is 157 Å². The van der Waals surface area contributed by atoms with Crippen LogP contribution in [0.25, 0.3) is 66.4 Å². The van der Waals surface area contributed by atoms with Crippen LogP contribution in [0.2, 0.25) is 0 Å². The molecular weight excluding hydrogens is 597 g/mol. The largest absolute Gasteiger partial charge is 0.0888 e. The lowest BCUT2D eigenvalue weighted by molar-refractivity contribution is 0.794. The van der Waals surface area contributed by atoms with E-state index in [-0.39, 0.29) is 5.41 Å². The van der Waals surface area contributed by atoms with Crippen LogP contribution in [0.4, 0.5) is 0 Å². The monoisotopic (exact) mass is 624 g/mol.